The molecule has 0 spiro atoms. The van der Waals surface area contributed by atoms with Crippen LogP contribution in [0.2, 0.25) is 0 Å². The minimum atomic E-state index is -0.647. The van der Waals surface area contributed by atoms with Crippen molar-refractivity contribution in [2.45, 2.75) is 26.4 Å². The molecule has 0 saturated heterocycles. The average molecular weight is 303 g/mol. The summed E-state index contributed by atoms with van der Waals surface area (Å²) in [6.45, 7) is 5.12. The Morgan fingerprint density at radius 1 is 1.45 bits per heavy atom. The van der Waals surface area contributed by atoms with Crippen molar-refractivity contribution in [3.05, 3.63) is 29.3 Å². The quantitative estimate of drug-likeness (QED) is 0.798. The van der Waals surface area contributed by atoms with Gasteiger partial charge in [-0.3, -0.25) is 4.79 Å². The van der Waals surface area contributed by atoms with Gasteiger partial charge in [-0.25, -0.2) is 0 Å². The second-order valence-corrected chi connectivity index (χ2v) is 4.32. The van der Waals surface area contributed by atoms with Crippen molar-refractivity contribution in [1.82, 2.24) is 5.32 Å². The molecule has 1 rings (SSSR count). The molecule has 0 fully saturated rings. The molecule has 6 heteroatoms. The molecule has 0 aliphatic rings. The van der Waals surface area contributed by atoms with E-state index in [0.717, 1.165) is 16.9 Å². The van der Waals surface area contributed by atoms with Gasteiger partial charge in [0.2, 0.25) is 5.91 Å². The molecule has 1 unspecified atom stereocenters. The van der Waals surface area contributed by atoms with E-state index in [0.29, 0.717) is 13.2 Å². The van der Waals surface area contributed by atoms with Crippen LogP contribution in [0.5, 0.6) is 5.75 Å². The van der Waals surface area contributed by atoms with Gasteiger partial charge in [0, 0.05) is 19.2 Å². The van der Waals surface area contributed by atoms with Crippen LogP contribution < -0.4 is 15.8 Å². The molecule has 1 aromatic rings. The fraction of sp³-hybridized carbons (Fsp3) is 0.500. The van der Waals surface area contributed by atoms with Gasteiger partial charge in [0.1, 0.15) is 11.8 Å². The van der Waals surface area contributed by atoms with Crippen molar-refractivity contribution in [2.75, 3.05) is 20.3 Å². The number of hydrogen-bond acceptors (Lipinski definition) is 4. The summed E-state index contributed by atoms with van der Waals surface area (Å²) in [4.78, 5) is 11.7. The normalized spacial score (nSPS) is 11.4. The Kier molecular flexibility index (Phi) is 8.96. The maximum absolute atomic E-state index is 11.7. The molecule has 1 amide bonds. The topological polar surface area (TPSA) is 73.6 Å². The monoisotopic (exact) mass is 302 g/mol. The summed E-state index contributed by atoms with van der Waals surface area (Å²) in [5.74, 6) is 0.563. The smallest absolute Gasteiger partial charge is 0.239 e. The van der Waals surface area contributed by atoms with E-state index in [1.165, 1.54) is 7.11 Å². The number of amides is 1. The molecule has 1 aromatic carbocycles. The highest BCUT2D eigenvalue weighted by Gasteiger charge is 2.13. The van der Waals surface area contributed by atoms with E-state index >= 15 is 0 Å². The van der Waals surface area contributed by atoms with Crippen LogP contribution in [0.1, 0.15) is 18.1 Å². The zero-order chi connectivity index (χ0) is 14.3. The van der Waals surface area contributed by atoms with Crippen LogP contribution in [0.3, 0.4) is 0 Å². The zero-order valence-corrected chi connectivity index (χ0v) is 13.0. The van der Waals surface area contributed by atoms with Gasteiger partial charge < -0.3 is 20.5 Å². The fourth-order valence-electron chi connectivity index (χ4n) is 1.67. The summed E-state index contributed by atoms with van der Waals surface area (Å²) < 4.78 is 10.4. The molecule has 0 bridgehead atoms. The molecule has 114 valence electrons. The van der Waals surface area contributed by atoms with Crippen molar-refractivity contribution in [3.8, 4) is 5.75 Å². The van der Waals surface area contributed by atoms with Gasteiger partial charge in [-0.05, 0) is 25.5 Å². The van der Waals surface area contributed by atoms with Gasteiger partial charge in [-0.15, -0.1) is 12.4 Å². The lowest BCUT2D eigenvalue weighted by Crippen LogP contribution is -2.43. The highest BCUT2D eigenvalue weighted by molar-refractivity contribution is 5.85. The van der Waals surface area contributed by atoms with Crippen LogP contribution in [0.15, 0.2) is 18.2 Å². The van der Waals surface area contributed by atoms with Gasteiger partial charge in [0.15, 0.2) is 0 Å². The van der Waals surface area contributed by atoms with Gasteiger partial charge in [-0.2, -0.15) is 0 Å². The molecule has 5 nitrogen and oxygen atoms in total. The van der Waals surface area contributed by atoms with Gasteiger partial charge in [0.05, 0.1) is 13.2 Å². The predicted octanol–water partition coefficient (Wildman–Crippen LogP) is 1.41. The van der Waals surface area contributed by atoms with E-state index in [4.69, 9.17) is 15.2 Å². The summed E-state index contributed by atoms with van der Waals surface area (Å²) in [6.07, 6.45) is 0. The average Bonchev–Trinajstić information content (AvgIpc) is 2.38. The third-order valence-corrected chi connectivity index (χ3v) is 2.66. The number of aryl methyl sites for hydroxylation is 1. The molecule has 1 atom stereocenters. The maximum Gasteiger partial charge on any atom is 0.239 e. The fourth-order valence-corrected chi connectivity index (χ4v) is 1.67. The minimum absolute atomic E-state index is 0. The Bertz CT molecular complexity index is 427. The molecule has 0 aromatic heterocycles. The first-order valence-corrected chi connectivity index (χ1v) is 6.33. The minimum Gasteiger partial charge on any atom is -0.494 e. The van der Waals surface area contributed by atoms with Gasteiger partial charge in [0.25, 0.3) is 0 Å². The second kappa shape index (κ2) is 9.58. The first kappa shape index (κ1) is 18.7. The lowest BCUT2D eigenvalue weighted by Gasteiger charge is -2.14. The number of carbonyl (C=O) groups is 1. The lowest BCUT2D eigenvalue weighted by atomic mass is 10.1. The molecule has 0 aliphatic carbocycles. The zero-order valence-electron chi connectivity index (χ0n) is 12.1. The Morgan fingerprint density at radius 3 is 2.75 bits per heavy atom. The summed E-state index contributed by atoms with van der Waals surface area (Å²) in [5.41, 5.74) is 7.70. The Hall–Kier alpha value is -1.30. The van der Waals surface area contributed by atoms with Crippen LogP contribution in [-0.2, 0) is 16.1 Å². The first-order valence-electron chi connectivity index (χ1n) is 6.33. The third kappa shape index (κ3) is 5.77. The number of halogens is 1. The standard InChI is InChI=1S/C14H22N2O3.ClH/c1-4-19-13-7-10(2)5-6-11(13)8-16-14(17)12(15)9-18-3;/h5-7,12H,4,8-9,15H2,1-3H3,(H,16,17);1H. The Labute approximate surface area is 126 Å². The second-order valence-electron chi connectivity index (χ2n) is 4.32. The number of ether oxygens (including phenoxy) is 2. The predicted molar refractivity (Wildman–Crippen MR) is 81.3 cm³/mol. The number of carbonyl (C=O) groups excluding carboxylic acids is 1. The number of nitrogens with one attached hydrogen (secondary N) is 1. The molecule has 0 saturated carbocycles. The lowest BCUT2D eigenvalue weighted by molar-refractivity contribution is -0.123. The highest BCUT2D eigenvalue weighted by atomic mass is 35.5. The summed E-state index contributed by atoms with van der Waals surface area (Å²) in [5, 5.41) is 2.78. The van der Waals surface area contributed by atoms with E-state index in [2.05, 4.69) is 5.32 Å². The van der Waals surface area contributed by atoms with Crippen molar-refractivity contribution in [3.63, 3.8) is 0 Å². The maximum atomic E-state index is 11.7. The van der Waals surface area contributed by atoms with Crippen molar-refractivity contribution >= 4 is 18.3 Å². The first-order chi connectivity index (χ1) is 9.08. The Balaban J connectivity index is 0.00000361. The van der Waals surface area contributed by atoms with E-state index in [-0.39, 0.29) is 24.9 Å². The summed E-state index contributed by atoms with van der Waals surface area (Å²) in [6, 6.07) is 5.24. The van der Waals surface area contributed by atoms with Gasteiger partial charge >= 0.3 is 0 Å². The van der Waals surface area contributed by atoms with Gasteiger partial charge in [-0.1, -0.05) is 12.1 Å². The molecular weight excluding hydrogens is 280 g/mol. The van der Waals surface area contributed by atoms with E-state index in [9.17, 15) is 4.79 Å². The van der Waals surface area contributed by atoms with Crippen LogP contribution >= 0.6 is 12.4 Å². The van der Waals surface area contributed by atoms with Crippen molar-refractivity contribution < 1.29 is 14.3 Å². The van der Waals surface area contributed by atoms with E-state index in [1.54, 1.807) is 0 Å². The number of methoxy groups -OCH3 is 1. The molecule has 0 radical (unpaired) electrons. The highest BCUT2D eigenvalue weighted by Crippen LogP contribution is 2.20. The number of benzene rings is 1. The molecule has 0 aliphatic heterocycles. The van der Waals surface area contributed by atoms with E-state index < -0.39 is 6.04 Å². The summed E-state index contributed by atoms with van der Waals surface area (Å²) >= 11 is 0. The Morgan fingerprint density at radius 2 is 2.15 bits per heavy atom. The third-order valence-electron chi connectivity index (χ3n) is 2.66. The molecule has 3 N–H and O–H groups in total. The summed E-state index contributed by atoms with van der Waals surface area (Å²) in [7, 11) is 1.51. The number of hydrogen-bond donors (Lipinski definition) is 2. The van der Waals surface area contributed by atoms with Crippen LogP contribution in [-0.4, -0.2) is 32.3 Å². The van der Waals surface area contributed by atoms with Crippen LogP contribution in [0.25, 0.3) is 0 Å². The van der Waals surface area contributed by atoms with E-state index in [1.807, 2.05) is 32.0 Å². The molecular formula is C14H23ClN2O3. The van der Waals surface area contributed by atoms with Crippen LogP contribution in [0, 0.1) is 6.92 Å². The molecule has 20 heavy (non-hydrogen) atoms. The van der Waals surface area contributed by atoms with Crippen molar-refractivity contribution in [2.24, 2.45) is 5.73 Å². The SMILES string of the molecule is CCOc1cc(C)ccc1CNC(=O)C(N)COC.Cl. The number of nitrogens with two attached hydrogens (primary N) is 1. The number of rotatable bonds is 7. The van der Waals surface area contributed by atoms with Crippen molar-refractivity contribution in [1.29, 1.82) is 0 Å². The largest absolute Gasteiger partial charge is 0.494 e. The van der Waals surface area contributed by atoms with Crippen LogP contribution in [0.4, 0.5) is 0 Å². The molecule has 0 heterocycles.